The molecule has 2 aromatic carbocycles. The van der Waals surface area contributed by atoms with Gasteiger partial charge < -0.3 is 10.1 Å². The molecule has 3 aromatic rings. The summed E-state index contributed by atoms with van der Waals surface area (Å²) in [5.41, 5.74) is 1.10. The maximum absolute atomic E-state index is 12.5. The number of benzene rings is 2. The highest BCUT2D eigenvalue weighted by molar-refractivity contribution is 6.30. The Labute approximate surface area is 158 Å². The zero-order valence-corrected chi connectivity index (χ0v) is 15.6. The molecule has 5 heteroatoms. The van der Waals surface area contributed by atoms with E-state index in [1.807, 2.05) is 30.3 Å². The average molecular weight is 369 g/mol. The molecule has 1 aromatic heterocycles. The summed E-state index contributed by atoms with van der Waals surface area (Å²) < 4.78 is 5.81. The van der Waals surface area contributed by atoms with Gasteiger partial charge in [0.25, 0.3) is 5.91 Å². The topological polar surface area (TPSA) is 51.2 Å². The van der Waals surface area contributed by atoms with E-state index < -0.39 is 5.60 Å². The molecule has 0 spiro atoms. The van der Waals surface area contributed by atoms with Gasteiger partial charge in [-0.15, -0.1) is 0 Å². The maximum atomic E-state index is 12.5. The molecule has 134 valence electrons. The summed E-state index contributed by atoms with van der Waals surface area (Å²) in [7, 11) is 0. The van der Waals surface area contributed by atoms with Crippen LogP contribution in [0.3, 0.4) is 0 Å². The Morgan fingerprint density at radius 1 is 1.12 bits per heavy atom. The van der Waals surface area contributed by atoms with E-state index >= 15 is 0 Å². The van der Waals surface area contributed by atoms with Crippen LogP contribution in [0.25, 0.3) is 10.9 Å². The number of nitrogens with zero attached hydrogens (tertiary/aromatic N) is 1. The zero-order valence-electron chi connectivity index (χ0n) is 14.8. The van der Waals surface area contributed by atoms with Crippen molar-refractivity contribution in [2.24, 2.45) is 0 Å². The van der Waals surface area contributed by atoms with Gasteiger partial charge in [0.05, 0.1) is 5.52 Å². The molecule has 0 aliphatic rings. The highest BCUT2D eigenvalue weighted by Crippen LogP contribution is 2.21. The molecule has 0 saturated heterocycles. The highest BCUT2D eigenvalue weighted by Gasteiger charge is 2.29. The van der Waals surface area contributed by atoms with Crippen molar-refractivity contribution in [3.8, 4) is 5.75 Å². The van der Waals surface area contributed by atoms with Crippen molar-refractivity contribution in [2.75, 3.05) is 6.54 Å². The van der Waals surface area contributed by atoms with Crippen LogP contribution in [0.1, 0.15) is 19.4 Å². The fourth-order valence-corrected chi connectivity index (χ4v) is 2.86. The average Bonchev–Trinajstić information content (AvgIpc) is 2.63. The lowest BCUT2D eigenvalue weighted by atomic mass is 10.1. The van der Waals surface area contributed by atoms with Crippen LogP contribution in [0.2, 0.25) is 5.02 Å². The van der Waals surface area contributed by atoms with E-state index in [1.165, 1.54) is 0 Å². The summed E-state index contributed by atoms with van der Waals surface area (Å²) in [6.45, 7) is 4.01. The third-order valence-corrected chi connectivity index (χ3v) is 4.38. The quantitative estimate of drug-likeness (QED) is 0.701. The number of hydrogen-bond acceptors (Lipinski definition) is 3. The molecule has 0 aliphatic carbocycles. The molecule has 0 saturated carbocycles. The van der Waals surface area contributed by atoms with Gasteiger partial charge in [-0.1, -0.05) is 35.9 Å². The molecule has 3 rings (SSSR count). The SMILES string of the molecule is CC(C)(Oc1ccc(Cl)cc1)C(=O)NCCc1cccc2cccnc12. The molecule has 0 radical (unpaired) electrons. The second kappa shape index (κ2) is 7.75. The number of pyridine rings is 1. The highest BCUT2D eigenvalue weighted by atomic mass is 35.5. The lowest BCUT2D eigenvalue weighted by Gasteiger charge is -2.25. The second-order valence-corrected chi connectivity index (χ2v) is 7.00. The third-order valence-electron chi connectivity index (χ3n) is 4.13. The van der Waals surface area contributed by atoms with Gasteiger partial charge >= 0.3 is 0 Å². The van der Waals surface area contributed by atoms with Crippen LogP contribution in [0.5, 0.6) is 5.75 Å². The van der Waals surface area contributed by atoms with Crippen LogP contribution < -0.4 is 10.1 Å². The number of aromatic nitrogens is 1. The Kier molecular flexibility index (Phi) is 5.43. The molecule has 0 unspecified atom stereocenters. The molecule has 0 bridgehead atoms. The van der Waals surface area contributed by atoms with Crippen LogP contribution in [0.4, 0.5) is 0 Å². The molecule has 0 atom stereocenters. The van der Waals surface area contributed by atoms with Crippen molar-refractivity contribution in [1.82, 2.24) is 10.3 Å². The Bertz CT molecular complexity index is 902. The lowest BCUT2D eigenvalue weighted by Crippen LogP contribution is -2.47. The fourth-order valence-electron chi connectivity index (χ4n) is 2.74. The number of ether oxygens (including phenoxy) is 1. The summed E-state index contributed by atoms with van der Waals surface area (Å²) >= 11 is 5.87. The zero-order chi connectivity index (χ0) is 18.6. The summed E-state index contributed by atoms with van der Waals surface area (Å²) in [6, 6.07) is 17.0. The van der Waals surface area contributed by atoms with Crippen LogP contribution in [-0.4, -0.2) is 23.0 Å². The van der Waals surface area contributed by atoms with Gasteiger partial charge in [0, 0.05) is 23.2 Å². The predicted molar refractivity (Wildman–Crippen MR) is 105 cm³/mol. The molecular weight excluding hydrogens is 348 g/mol. The molecule has 4 nitrogen and oxygen atoms in total. The van der Waals surface area contributed by atoms with Gasteiger partial charge in [0.1, 0.15) is 5.75 Å². The van der Waals surface area contributed by atoms with Gasteiger partial charge in [0.2, 0.25) is 0 Å². The standard InChI is InChI=1S/C21H21ClN2O2/c1-21(2,26-18-10-8-17(22)9-11-18)20(25)24-14-12-16-6-3-5-15-7-4-13-23-19(15)16/h3-11,13H,12,14H2,1-2H3,(H,24,25). The summed E-state index contributed by atoms with van der Waals surface area (Å²) in [5.74, 6) is 0.438. The van der Waals surface area contributed by atoms with Crippen molar-refractivity contribution < 1.29 is 9.53 Å². The minimum absolute atomic E-state index is 0.166. The number of amides is 1. The number of rotatable bonds is 6. The molecular formula is C21H21ClN2O2. The van der Waals surface area contributed by atoms with E-state index in [1.54, 1.807) is 44.3 Å². The van der Waals surface area contributed by atoms with E-state index in [9.17, 15) is 4.79 Å². The maximum Gasteiger partial charge on any atom is 0.263 e. The largest absolute Gasteiger partial charge is 0.478 e. The van der Waals surface area contributed by atoms with Crippen molar-refractivity contribution >= 4 is 28.4 Å². The fraction of sp³-hybridized carbons (Fsp3) is 0.238. The number of halogens is 1. The smallest absolute Gasteiger partial charge is 0.263 e. The van der Waals surface area contributed by atoms with E-state index in [0.29, 0.717) is 23.7 Å². The minimum Gasteiger partial charge on any atom is -0.478 e. The van der Waals surface area contributed by atoms with Crippen molar-refractivity contribution in [2.45, 2.75) is 25.9 Å². The van der Waals surface area contributed by atoms with Gasteiger partial charge in [-0.3, -0.25) is 9.78 Å². The summed E-state index contributed by atoms with van der Waals surface area (Å²) in [4.78, 5) is 17.0. The van der Waals surface area contributed by atoms with Crippen LogP contribution in [0.15, 0.2) is 60.8 Å². The van der Waals surface area contributed by atoms with Crippen molar-refractivity contribution in [3.05, 3.63) is 71.4 Å². The molecule has 1 amide bonds. The first-order valence-corrected chi connectivity index (χ1v) is 8.89. The van der Waals surface area contributed by atoms with E-state index in [0.717, 1.165) is 16.5 Å². The minimum atomic E-state index is -0.981. The first kappa shape index (κ1) is 18.2. The molecule has 26 heavy (non-hydrogen) atoms. The van der Waals surface area contributed by atoms with Crippen molar-refractivity contribution in [3.63, 3.8) is 0 Å². The lowest BCUT2D eigenvalue weighted by molar-refractivity contribution is -0.134. The molecule has 0 aliphatic heterocycles. The van der Waals surface area contributed by atoms with Gasteiger partial charge in [-0.25, -0.2) is 0 Å². The van der Waals surface area contributed by atoms with Crippen molar-refractivity contribution in [1.29, 1.82) is 0 Å². The number of carbonyl (C=O) groups excluding carboxylic acids is 1. The normalized spacial score (nSPS) is 11.3. The van der Waals surface area contributed by atoms with Gasteiger partial charge in [-0.05, 0) is 56.2 Å². The number of fused-ring (bicyclic) bond motifs is 1. The summed E-state index contributed by atoms with van der Waals surface area (Å²) in [5, 5.41) is 4.68. The van der Waals surface area contributed by atoms with Crippen LogP contribution in [0, 0.1) is 0 Å². The Hall–Kier alpha value is -2.59. The Morgan fingerprint density at radius 2 is 1.85 bits per heavy atom. The Morgan fingerprint density at radius 3 is 2.62 bits per heavy atom. The third kappa shape index (κ3) is 4.33. The number of para-hydroxylation sites is 1. The first-order valence-electron chi connectivity index (χ1n) is 8.51. The van der Waals surface area contributed by atoms with E-state index in [4.69, 9.17) is 16.3 Å². The molecule has 0 fully saturated rings. The monoisotopic (exact) mass is 368 g/mol. The number of hydrogen-bond donors (Lipinski definition) is 1. The van der Waals surface area contributed by atoms with E-state index in [2.05, 4.69) is 10.3 Å². The van der Waals surface area contributed by atoms with Gasteiger partial charge in [0.15, 0.2) is 5.60 Å². The first-order chi connectivity index (χ1) is 12.5. The molecule has 1 heterocycles. The van der Waals surface area contributed by atoms with Crippen LogP contribution in [-0.2, 0) is 11.2 Å². The summed E-state index contributed by atoms with van der Waals surface area (Å²) in [6.07, 6.45) is 2.49. The molecule has 1 N–H and O–H groups in total. The Balaban J connectivity index is 1.59. The number of carbonyl (C=O) groups is 1. The van der Waals surface area contributed by atoms with E-state index in [-0.39, 0.29) is 5.91 Å². The number of nitrogens with one attached hydrogen (secondary N) is 1. The second-order valence-electron chi connectivity index (χ2n) is 6.56. The predicted octanol–water partition coefficient (Wildman–Crippen LogP) is 4.40. The van der Waals surface area contributed by atoms with Gasteiger partial charge in [-0.2, -0.15) is 0 Å². The van der Waals surface area contributed by atoms with Crippen LogP contribution >= 0.6 is 11.6 Å².